The first-order valence-corrected chi connectivity index (χ1v) is 1.91. The molecule has 0 aliphatic heterocycles. The van der Waals surface area contributed by atoms with Gasteiger partial charge in [0.05, 0.1) is 7.17 Å². The van der Waals surface area contributed by atoms with Crippen LogP contribution in [0.1, 0.15) is 0 Å². The van der Waals surface area contributed by atoms with Crippen molar-refractivity contribution in [1.82, 2.24) is 0 Å². The maximum absolute atomic E-state index is 5.24. The van der Waals surface area contributed by atoms with Gasteiger partial charge in [-0.25, -0.2) is 0 Å². The molecule has 0 heterocycles. The zero-order chi connectivity index (χ0) is 4.99. The average Bonchev–Trinajstić information content (AvgIpc) is 1.65. The summed E-state index contributed by atoms with van der Waals surface area (Å²) in [5, 5.41) is 0. The minimum atomic E-state index is -0.0370. The van der Waals surface area contributed by atoms with Crippen molar-refractivity contribution in [2.45, 2.75) is 6.82 Å². The van der Waals surface area contributed by atoms with Gasteiger partial charge in [0.2, 0.25) is 0 Å². The molecule has 0 atom stereocenters. The largest absolute Gasteiger partial charge is 0.101 e. The second-order valence-corrected chi connectivity index (χ2v) is 1.10. The van der Waals surface area contributed by atoms with Crippen LogP contribution in [0.2, 0.25) is 6.82 Å². The topological polar surface area (TPSA) is 0 Å². The highest BCUT2D eigenvalue weighted by Crippen LogP contribution is 1.60. The predicted octanol–water partition coefficient (Wildman–Crippen LogP) is -1.32. The van der Waals surface area contributed by atoms with E-state index in [9.17, 15) is 0 Å². The Morgan fingerprint density at radius 3 is 2.17 bits per heavy atom. The van der Waals surface area contributed by atoms with Gasteiger partial charge < -0.3 is 0 Å². The maximum atomic E-state index is 5.24. The Morgan fingerprint density at radius 2 is 2.17 bits per heavy atom. The molecule has 0 fully saturated rings. The van der Waals surface area contributed by atoms with Crippen LogP contribution >= 0.6 is 0 Å². The van der Waals surface area contributed by atoms with E-state index in [1.165, 1.54) is 7.06 Å². The highest BCUT2D eigenvalue weighted by molar-refractivity contribution is 7.63. The van der Waals surface area contributed by atoms with Gasteiger partial charge in [0.1, 0.15) is 0 Å². The van der Waals surface area contributed by atoms with Gasteiger partial charge in [-0.15, -0.1) is 6.82 Å². The summed E-state index contributed by atoms with van der Waals surface area (Å²) >= 11 is 0. The van der Waals surface area contributed by atoms with Crippen LogP contribution in [0.5, 0.6) is 0 Å². The van der Waals surface area contributed by atoms with Crippen LogP contribution < -0.4 is 0 Å². The second-order valence-electron chi connectivity index (χ2n) is 1.10. The minimum Gasteiger partial charge on any atom is -0.101 e. The molecule has 0 aromatic heterocycles. The maximum Gasteiger partial charge on any atom is 0.0502 e. The normalized spacial score (nSPS) is 6.83. The van der Waals surface area contributed by atoms with E-state index in [-0.39, 0.29) is 6.39 Å². The van der Waals surface area contributed by atoms with E-state index in [2.05, 4.69) is 0 Å². The SMILES string of the molecule is [B][B]B([B])[B]C. The van der Waals surface area contributed by atoms with Gasteiger partial charge >= 0.3 is 0 Å². The van der Waals surface area contributed by atoms with Gasteiger partial charge in [-0.1, -0.05) is 0 Å². The van der Waals surface area contributed by atoms with Gasteiger partial charge in [-0.2, -0.15) is 0 Å². The van der Waals surface area contributed by atoms with Crippen molar-refractivity contribution in [3.8, 4) is 0 Å². The molecule has 0 rings (SSSR count). The fourth-order valence-corrected chi connectivity index (χ4v) is 0.111. The zero-order valence-electron chi connectivity index (χ0n) is 3.89. The monoisotopic (exact) mass is 70.1 g/mol. The molecule has 0 spiro atoms. The molecule has 6 heavy (non-hydrogen) atoms. The number of hydrogen-bond donors (Lipinski definition) is 0. The van der Waals surface area contributed by atoms with Crippen molar-refractivity contribution in [2.24, 2.45) is 0 Å². The van der Waals surface area contributed by atoms with E-state index in [0.29, 0.717) is 0 Å². The van der Waals surface area contributed by atoms with Crippen molar-refractivity contribution < 1.29 is 0 Å². The summed E-state index contributed by atoms with van der Waals surface area (Å²) in [5.74, 6) is 0. The van der Waals surface area contributed by atoms with Crippen molar-refractivity contribution in [1.29, 1.82) is 0 Å². The van der Waals surface area contributed by atoms with Gasteiger partial charge in [-0.05, 0) is 0 Å². The van der Waals surface area contributed by atoms with Crippen LogP contribution in [0.3, 0.4) is 0 Å². The van der Waals surface area contributed by atoms with Gasteiger partial charge in [0.15, 0.2) is 0 Å². The van der Waals surface area contributed by atoms with Crippen molar-refractivity contribution >= 4 is 36.1 Å². The van der Waals surface area contributed by atoms with Crippen molar-refractivity contribution in [3.05, 3.63) is 0 Å². The van der Waals surface area contributed by atoms with Gasteiger partial charge in [0.25, 0.3) is 0 Å². The molecular weight excluding hydrogens is 66.1 g/mol. The Morgan fingerprint density at radius 1 is 1.67 bits per heavy atom. The van der Waals surface area contributed by atoms with Gasteiger partial charge in [-0.3, -0.25) is 0 Å². The molecule has 0 N–H and O–H groups in total. The Hall–Kier alpha value is 0.325. The summed E-state index contributed by atoms with van der Waals surface area (Å²) in [5.41, 5.74) is 0. The standard InChI is InChI=1S/CH3B5/c1-4-6(3)5-2/h1H3. The first kappa shape index (κ1) is 6.32. The third-order valence-corrected chi connectivity index (χ3v) is 0.607. The number of hydrogen-bond acceptors (Lipinski definition) is 0. The van der Waals surface area contributed by atoms with E-state index in [0.717, 1.165) is 0 Å². The summed E-state index contributed by atoms with van der Waals surface area (Å²) in [6.07, 6.45) is -0.0370. The molecule has 0 aliphatic carbocycles. The summed E-state index contributed by atoms with van der Waals surface area (Å²) in [6, 6.07) is 0. The predicted molar refractivity (Wildman–Crippen MR) is 34.6 cm³/mol. The highest BCUT2D eigenvalue weighted by Gasteiger charge is 1.94. The van der Waals surface area contributed by atoms with Gasteiger partial charge in [0, 0.05) is 28.9 Å². The lowest BCUT2D eigenvalue weighted by Gasteiger charge is -1.92. The molecule has 22 valence electrons. The Labute approximate surface area is 43.8 Å². The molecule has 0 amide bonds. The van der Waals surface area contributed by atoms with Crippen LogP contribution in [0.15, 0.2) is 0 Å². The van der Waals surface area contributed by atoms with Crippen LogP contribution in [-0.2, 0) is 0 Å². The van der Waals surface area contributed by atoms with E-state index in [1.54, 1.807) is 0 Å². The third-order valence-electron chi connectivity index (χ3n) is 0.607. The van der Waals surface area contributed by atoms with E-state index >= 15 is 0 Å². The molecule has 0 aromatic carbocycles. The molecular formula is CH3B5. The Kier molecular flexibility index (Phi) is 3.70. The molecule has 5 heteroatoms. The van der Waals surface area contributed by atoms with Crippen molar-refractivity contribution in [2.75, 3.05) is 0 Å². The molecule has 0 bridgehead atoms. The Balaban J connectivity index is 2.75. The average molecular weight is 69.1 g/mol. The highest BCUT2D eigenvalue weighted by atomic mass is 12.9. The molecule has 0 aliphatic rings. The summed E-state index contributed by atoms with van der Waals surface area (Å²) in [6.45, 7) is 1.87. The fourth-order valence-electron chi connectivity index (χ4n) is 0.111. The fraction of sp³-hybridized carbons (Fsp3) is 1.00. The van der Waals surface area contributed by atoms with Crippen LogP contribution in [-0.4, -0.2) is 36.1 Å². The lowest BCUT2D eigenvalue weighted by molar-refractivity contribution is 2.36. The van der Waals surface area contributed by atoms with Crippen LogP contribution in [0, 0.1) is 0 Å². The molecule has 0 saturated carbocycles. The lowest BCUT2D eigenvalue weighted by Crippen LogP contribution is -2.29. The van der Waals surface area contributed by atoms with E-state index in [1.807, 2.05) is 14.0 Å². The van der Waals surface area contributed by atoms with E-state index in [4.69, 9.17) is 15.5 Å². The van der Waals surface area contributed by atoms with Crippen molar-refractivity contribution in [3.63, 3.8) is 0 Å². The first-order chi connectivity index (χ1) is 2.81. The molecule has 6 radical (unpaired) electrons. The summed E-state index contributed by atoms with van der Waals surface area (Å²) in [4.78, 5) is 0. The zero-order valence-corrected chi connectivity index (χ0v) is 3.89. The smallest absolute Gasteiger partial charge is 0.0502 e. The molecule has 0 aromatic rings. The summed E-state index contributed by atoms with van der Waals surface area (Å²) in [7, 11) is 13.5. The lowest BCUT2D eigenvalue weighted by atomic mass is 8.92. The Bertz CT molecular complexity index is 23.1. The van der Waals surface area contributed by atoms with Crippen LogP contribution in [0.25, 0.3) is 0 Å². The minimum absolute atomic E-state index is 0.0370. The van der Waals surface area contributed by atoms with E-state index < -0.39 is 0 Å². The number of rotatable bonds is 2. The quantitative estimate of drug-likeness (QED) is 0.353. The third kappa shape index (κ3) is 2.56. The second kappa shape index (κ2) is 3.51. The molecule has 0 unspecified atom stereocenters. The molecule has 0 nitrogen and oxygen atoms in total. The summed E-state index contributed by atoms with van der Waals surface area (Å²) < 4.78 is 0. The van der Waals surface area contributed by atoms with Crippen LogP contribution in [0.4, 0.5) is 0 Å². The first-order valence-electron chi connectivity index (χ1n) is 1.91. The molecule has 0 saturated heterocycles.